The lowest BCUT2D eigenvalue weighted by atomic mass is 10.2. The maximum absolute atomic E-state index is 7.91. The van der Waals surface area contributed by atoms with E-state index >= 15 is 0 Å². The molecule has 0 aromatic heterocycles. The molecule has 1 aliphatic rings. The smallest absolute Gasteiger partial charge is 0.0720 e. The van der Waals surface area contributed by atoms with Gasteiger partial charge in [-0.15, -0.1) is 0 Å². The molecule has 2 heteroatoms. The number of benzene rings is 1. The van der Waals surface area contributed by atoms with Crippen molar-refractivity contribution >= 4 is 21.7 Å². The van der Waals surface area contributed by atoms with Gasteiger partial charge in [0.1, 0.15) is 0 Å². The molecule has 1 aliphatic carbocycles. The Kier molecular flexibility index (Phi) is 3.27. The standard InChI is InChI=1S/C13H15NS/c1-2-12(10-6-4-3-5-7-10)15-13(14)11-8-9-11/h2-7,11,14H,8-9H2,1H3. The molecule has 1 N–H and O–H groups in total. The quantitative estimate of drug-likeness (QED) is 0.596. The summed E-state index contributed by atoms with van der Waals surface area (Å²) in [5.41, 5.74) is 1.22. The van der Waals surface area contributed by atoms with Crippen LogP contribution < -0.4 is 0 Å². The van der Waals surface area contributed by atoms with Crippen molar-refractivity contribution in [3.8, 4) is 0 Å². The number of hydrogen-bond acceptors (Lipinski definition) is 2. The van der Waals surface area contributed by atoms with Crippen LogP contribution >= 0.6 is 11.8 Å². The largest absolute Gasteiger partial charge is 0.298 e. The fourth-order valence-electron chi connectivity index (χ4n) is 1.43. The molecule has 0 aliphatic heterocycles. The number of rotatable bonds is 3. The van der Waals surface area contributed by atoms with Crippen molar-refractivity contribution in [2.75, 3.05) is 0 Å². The van der Waals surface area contributed by atoms with Gasteiger partial charge >= 0.3 is 0 Å². The summed E-state index contributed by atoms with van der Waals surface area (Å²) in [4.78, 5) is 1.20. The second-order valence-corrected chi connectivity index (χ2v) is 4.84. The zero-order chi connectivity index (χ0) is 10.7. The summed E-state index contributed by atoms with van der Waals surface area (Å²) in [6, 6.07) is 10.3. The lowest BCUT2D eigenvalue weighted by molar-refractivity contribution is 1.20. The van der Waals surface area contributed by atoms with Gasteiger partial charge < -0.3 is 0 Å². The van der Waals surface area contributed by atoms with Crippen LogP contribution in [0.15, 0.2) is 36.4 Å². The number of thioether (sulfide) groups is 1. The van der Waals surface area contributed by atoms with Gasteiger partial charge in [0.15, 0.2) is 0 Å². The van der Waals surface area contributed by atoms with Crippen molar-refractivity contribution in [2.45, 2.75) is 19.8 Å². The first-order valence-corrected chi connectivity index (χ1v) is 6.11. The Morgan fingerprint density at radius 3 is 2.53 bits per heavy atom. The lowest BCUT2D eigenvalue weighted by Gasteiger charge is -2.06. The summed E-state index contributed by atoms with van der Waals surface area (Å²) in [6.45, 7) is 2.04. The van der Waals surface area contributed by atoms with Gasteiger partial charge in [-0.05, 0) is 25.3 Å². The molecule has 0 saturated heterocycles. The molecule has 0 amide bonds. The summed E-state index contributed by atoms with van der Waals surface area (Å²) < 4.78 is 0. The van der Waals surface area contributed by atoms with Crippen LogP contribution in [0, 0.1) is 11.3 Å². The van der Waals surface area contributed by atoms with Crippen LogP contribution in [0.2, 0.25) is 0 Å². The molecular formula is C13H15NS. The van der Waals surface area contributed by atoms with Gasteiger partial charge in [-0.25, -0.2) is 0 Å². The average Bonchev–Trinajstić information content (AvgIpc) is 3.10. The van der Waals surface area contributed by atoms with Crippen molar-refractivity contribution in [1.29, 1.82) is 5.41 Å². The van der Waals surface area contributed by atoms with Gasteiger partial charge in [0.25, 0.3) is 0 Å². The van der Waals surface area contributed by atoms with Crippen molar-refractivity contribution < 1.29 is 0 Å². The Morgan fingerprint density at radius 1 is 1.33 bits per heavy atom. The first-order valence-electron chi connectivity index (χ1n) is 5.29. The van der Waals surface area contributed by atoms with Gasteiger partial charge in [0.05, 0.1) is 5.04 Å². The molecule has 0 spiro atoms. The molecule has 1 nitrogen and oxygen atoms in total. The molecule has 1 fully saturated rings. The van der Waals surface area contributed by atoms with E-state index in [2.05, 4.69) is 18.2 Å². The first-order chi connectivity index (χ1) is 7.31. The van der Waals surface area contributed by atoms with Gasteiger partial charge in [0.2, 0.25) is 0 Å². The van der Waals surface area contributed by atoms with E-state index in [0.29, 0.717) is 5.92 Å². The molecule has 1 aromatic rings. The van der Waals surface area contributed by atoms with Gasteiger partial charge in [-0.2, -0.15) is 0 Å². The average molecular weight is 217 g/mol. The Bertz CT molecular complexity index is 377. The maximum Gasteiger partial charge on any atom is 0.0720 e. The van der Waals surface area contributed by atoms with Crippen LogP contribution in [0.5, 0.6) is 0 Å². The summed E-state index contributed by atoms with van der Waals surface area (Å²) in [5, 5.41) is 8.74. The maximum atomic E-state index is 7.91. The van der Waals surface area contributed by atoms with Crippen LogP contribution in [0.25, 0.3) is 4.91 Å². The molecule has 78 valence electrons. The number of nitrogens with one attached hydrogen (secondary N) is 1. The van der Waals surface area contributed by atoms with E-state index in [9.17, 15) is 0 Å². The van der Waals surface area contributed by atoms with Crippen LogP contribution in [0.1, 0.15) is 25.3 Å². The minimum atomic E-state index is 0.550. The van der Waals surface area contributed by atoms with Crippen molar-refractivity contribution in [3.05, 3.63) is 42.0 Å². The van der Waals surface area contributed by atoms with E-state index in [1.54, 1.807) is 11.8 Å². The number of allylic oxidation sites excluding steroid dienone is 1. The summed E-state index contributed by atoms with van der Waals surface area (Å²) in [7, 11) is 0. The van der Waals surface area contributed by atoms with Crippen molar-refractivity contribution in [3.63, 3.8) is 0 Å². The minimum Gasteiger partial charge on any atom is -0.298 e. The SMILES string of the molecule is CC=C(SC(=N)C1CC1)c1ccccc1. The topological polar surface area (TPSA) is 23.9 Å². The summed E-state index contributed by atoms with van der Waals surface area (Å²) in [6.07, 6.45) is 4.51. The van der Waals surface area contributed by atoms with Gasteiger partial charge in [-0.1, -0.05) is 48.2 Å². The molecule has 2 rings (SSSR count). The molecule has 0 radical (unpaired) electrons. The minimum absolute atomic E-state index is 0.550. The van der Waals surface area contributed by atoms with Crippen LogP contribution in [-0.4, -0.2) is 5.04 Å². The van der Waals surface area contributed by atoms with E-state index in [1.807, 2.05) is 25.1 Å². The second kappa shape index (κ2) is 4.67. The van der Waals surface area contributed by atoms with E-state index < -0.39 is 0 Å². The normalized spacial score (nSPS) is 16.5. The molecular weight excluding hydrogens is 202 g/mol. The highest BCUT2D eigenvalue weighted by Crippen LogP contribution is 2.39. The molecule has 0 bridgehead atoms. The highest BCUT2D eigenvalue weighted by molar-refractivity contribution is 8.21. The van der Waals surface area contributed by atoms with Crippen molar-refractivity contribution in [2.24, 2.45) is 5.92 Å². The molecule has 15 heavy (non-hydrogen) atoms. The fraction of sp³-hybridized carbons (Fsp3) is 0.308. The lowest BCUT2D eigenvalue weighted by Crippen LogP contribution is -1.92. The Labute approximate surface area is 95.1 Å². The zero-order valence-corrected chi connectivity index (χ0v) is 9.68. The Hall–Kier alpha value is -1.02. The van der Waals surface area contributed by atoms with E-state index in [0.717, 1.165) is 5.04 Å². The van der Waals surface area contributed by atoms with E-state index in [4.69, 9.17) is 5.41 Å². The molecule has 0 heterocycles. The molecule has 1 saturated carbocycles. The van der Waals surface area contributed by atoms with Crippen molar-refractivity contribution in [1.82, 2.24) is 0 Å². The monoisotopic (exact) mass is 217 g/mol. The van der Waals surface area contributed by atoms with Crippen LogP contribution in [0.4, 0.5) is 0 Å². The molecule has 1 aromatic carbocycles. The van der Waals surface area contributed by atoms with E-state index in [1.165, 1.54) is 23.3 Å². The predicted octanol–water partition coefficient (Wildman–Crippen LogP) is 4.17. The predicted molar refractivity (Wildman–Crippen MR) is 68.1 cm³/mol. The van der Waals surface area contributed by atoms with Gasteiger partial charge in [0, 0.05) is 10.8 Å². The molecule has 0 atom stereocenters. The highest BCUT2D eigenvalue weighted by atomic mass is 32.2. The first kappa shape index (κ1) is 10.5. The third-order valence-electron chi connectivity index (χ3n) is 2.49. The Balaban J connectivity index is 2.08. The van der Waals surface area contributed by atoms with E-state index in [-0.39, 0.29) is 0 Å². The van der Waals surface area contributed by atoms with Crippen LogP contribution in [0.3, 0.4) is 0 Å². The third kappa shape index (κ3) is 2.72. The molecule has 0 unspecified atom stereocenters. The fourth-order valence-corrected chi connectivity index (χ4v) is 2.45. The number of hydrogen-bond donors (Lipinski definition) is 1. The Morgan fingerprint density at radius 2 is 2.00 bits per heavy atom. The highest BCUT2D eigenvalue weighted by Gasteiger charge is 2.27. The summed E-state index contributed by atoms with van der Waals surface area (Å²) >= 11 is 1.61. The summed E-state index contributed by atoms with van der Waals surface area (Å²) in [5.74, 6) is 0.550. The zero-order valence-electron chi connectivity index (χ0n) is 8.86. The third-order valence-corrected chi connectivity index (χ3v) is 3.73. The van der Waals surface area contributed by atoms with Crippen LogP contribution in [-0.2, 0) is 0 Å². The second-order valence-electron chi connectivity index (χ2n) is 3.76. The van der Waals surface area contributed by atoms with Gasteiger partial charge in [-0.3, -0.25) is 5.41 Å².